The summed E-state index contributed by atoms with van der Waals surface area (Å²) in [7, 11) is 0. The molecule has 0 atom stereocenters. The number of rotatable bonds is 5. The summed E-state index contributed by atoms with van der Waals surface area (Å²) in [5.41, 5.74) is 0.587. The first-order valence-electron chi connectivity index (χ1n) is 4.61. The van der Waals surface area contributed by atoms with Crippen LogP contribution >= 0.6 is 0 Å². The number of ether oxygens (including phenoxy) is 1. The van der Waals surface area contributed by atoms with E-state index in [1.807, 2.05) is 0 Å². The SMILES string of the molecule is C=Cc1nc(CC(=O)OCC)oc1C=C. The Morgan fingerprint density at radius 3 is 2.73 bits per heavy atom. The molecule has 4 nitrogen and oxygen atoms in total. The predicted molar refractivity (Wildman–Crippen MR) is 57.0 cm³/mol. The molecule has 0 spiro atoms. The van der Waals surface area contributed by atoms with Crippen LogP contribution in [0.1, 0.15) is 24.3 Å². The fourth-order valence-electron chi connectivity index (χ4n) is 1.10. The van der Waals surface area contributed by atoms with E-state index >= 15 is 0 Å². The molecule has 1 aromatic heterocycles. The molecule has 1 heterocycles. The first-order chi connectivity index (χ1) is 7.21. The molecule has 0 radical (unpaired) electrons. The Kier molecular flexibility index (Phi) is 3.85. The molecule has 1 aromatic rings. The molecule has 0 saturated carbocycles. The van der Waals surface area contributed by atoms with Gasteiger partial charge in [0.2, 0.25) is 5.89 Å². The van der Waals surface area contributed by atoms with E-state index in [0.29, 0.717) is 24.0 Å². The van der Waals surface area contributed by atoms with Crippen LogP contribution in [-0.4, -0.2) is 17.6 Å². The van der Waals surface area contributed by atoms with Gasteiger partial charge in [-0.05, 0) is 19.1 Å². The van der Waals surface area contributed by atoms with E-state index in [9.17, 15) is 4.79 Å². The van der Waals surface area contributed by atoms with Crippen molar-refractivity contribution in [2.75, 3.05) is 6.61 Å². The zero-order valence-electron chi connectivity index (χ0n) is 8.66. The number of hydrogen-bond acceptors (Lipinski definition) is 4. The molecule has 0 aliphatic heterocycles. The van der Waals surface area contributed by atoms with Crippen molar-refractivity contribution < 1.29 is 13.9 Å². The maximum Gasteiger partial charge on any atom is 0.315 e. The highest BCUT2D eigenvalue weighted by molar-refractivity contribution is 5.71. The summed E-state index contributed by atoms with van der Waals surface area (Å²) in [4.78, 5) is 15.2. The second-order valence-corrected chi connectivity index (χ2v) is 2.75. The molecular weight excluding hydrogens is 194 g/mol. The molecule has 4 heteroatoms. The Morgan fingerprint density at radius 1 is 1.53 bits per heavy atom. The van der Waals surface area contributed by atoms with Crippen molar-refractivity contribution in [2.24, 2.45) is 0 Å². The summed E-state index contributed by atoms with van der Waals surface area (Å²) < 4.78 is 10.0. The lowest BCUT2D eigenvalue weighted by Gasteiger charge is -1.96. The molecule has 0 aliphatic carbocycles. The van der Waals surface area contributed by atoms with Crippen molar-refractivity contribution >= 4 is 18.1 Å². The lowest BCUT2D eigenvalue weighted by molar-refractivity contribution is -0.142. The minimum Gasteiger partial charge on any atom is -0.466 e. The quantitative estimate of drug-likeness (QED) is 0.693. The van der Waals surface area contributed by atoms with Gasteiger partial charge in [0.05, 0.1) is 6.61 Å². The number of carbonyl (C=O) groups excluding carboxylic acids is 1. The fourth-order valence-corrected chi connectivity index (χ4v) is 1.10. The minimum absolute atomic E-state index is 0.0303. The summed E-state index contributed by atoms with van der Waals surface area (Å²) in [6.07, 6.45) is 3.11. The highest BCUT2D eigenvalue weighted by Gasteiger charge is 2.12. The lowest BCUT2D eigenvalue weighted by atomic mass is 10.3. The standard InChI is InChI=1S/C11H13NO3/c1-4-8-9(5-2)15-10(12-8)7-11(13)14-6-3/h4-5H,1-2,6-7H2,3H3. The van der Waals surface area contributed by atoms with E-state index in [0.717, 1.165) is 0 Å². The van der Waals surface area contributed by atoms with Gasteiger partial charge in [0.1, 0.15) is 12.1 Å². The average Bonchev–Trinajstić information content (AvgIpc) is 2.60. The highest BCUT2D eigenvalue weighted by atomic mass is 16.5. The Hall–Kier alpha value is -1.84. The maximum atomic E-state index is 11.1. The van der Waals surface area contributed by atoms with E-state index < -0.39 is 0 Å². The third-order valence-electron chi connectivity index (χ3n) is 1.71. The van der Waals surface area contributed by atoms with Crippen LogP contribution in [0.15, 0.2) is 17.6 Å². The van der Waals surface area contributed by atoms with Gasteiger partial charge < -0.3 is 9.15 Å². The first-order valence-corrected chi connectivity index (χ1v) is 4.61. The van der Waals surface area contributed by atoms with Gasteiger partial charge in [-0.3, -0.25) is 4.79 Å². The molecular formula is C11H13NO3. The zero-order valence-corrected chi connectivity index (χ0v) is 8.66. The Balaban J connectivity index is 2.78. The molecule has 0 fully saturated rings. The average molecular weight is 207 g/mol. The van der Waals surface area contributed by atoms with E-state index in [4.69, 9.17) is 9.15 Å². The molecule has 15 heavy (non-hydrogen) atoms. The van der Waals surface area contributed by atoms with Crippen LogP contribution in [0.3, 0.4) is 0 Å². The Morgan fingerprint density at radius 2 is 2.27 bits per heavy atom. The zero-order chi connectivity index (χ0) is 11.3. The molecule has 80 valence electrons. The van der Waals surface area contributed by atoms with Gasteiger partial charge in [-0.1, -0.05) is 13.2 Å². The van der Waals surface area contributed by atoms with Crippen LogP contribution in [-0.2, 0) is 16.0 Å². The van der Waals surface area contributed by atoms with Crippen LogP contribution in [0.5, 0.6) is 0 Å². The number of aromatic nitrogens is 1. The van der Waals surface area contributed by atoms with Crippen LogP contribution in [0.2, 0.25) is 0 Å². The van der Waals surface area contributed by atoms with Gasteiger partial charge in [0, 0.05) is 0 Å². The third kappa shape index (κ3) is 2.80. The lowest BCUT2D eigenvalue weighted by Crippen LogP contribution is -2.07. The number of nitrogens with zero attached hydrogens (tertiary/aromatic N) is 1. The normalized spacial score (nSPS) is 9.67. The van der Waals surface area contributed by atoms with Crippen molar-refractivity contribution in [1.82, 2.24) is 4.98 Å². The van der Waals surface area contributed by atoms with Gasteiger partial charge in [-0.15, -0.1) is 0 Å². The second-order valence-electron chi connectivity index (χ2n) is 2.75. The summed E-state index contributed by atoms with van der Waals surface area (Å²) in [5, 5.41) is 0. The third-order valence-corrected chi connectivity index (χ3v) is 1.71. The number of oxazole rings is 1. The monoisotopic (exact) mass is 207 g/mol. The van der Waals surface area contributed by atoms with E-state index in [1.165, 1.54) is 6.08 Å². The molecule has 0 amide bonds. The van der Waals surface area contributed by atoms with Crippen LogP contribution in [0, 0.1) is 0 Å². The molecule has 0 aromatic carbocycles. The van der Waals surface area contributed by atoms with E-state index in [-0.39, 0.29) is 12.4 Å². The van der Waals surface area contributed by atoms with Crippen molar-refractivity contribution in [3.8, 4) is 0 Å². The molecule has 0 aliphatic rings. The van der Waals surface area contributed by atoms with Crippen molar-refractivity contribution in [3.63, 3.8) is 0 Å². The maximum absolute atomic E-state index is 11.1. The van der Waals surface area contributed by atoms with Crippen molar-refractivity contribution in [1.29, 1.82) is 0 Å². The van der Waals surface area contributed by atoms with Crippen molar-refractivity contribution in [2.45, 2.75) is 13.3 Å². The Bertz CT molecular complexity index is 354. The smallest absolute Gasteiger partial charge is 0.315 e. The van der Waals surface area contributed by atoms with E-state index in [1.54, 1.807) is 13.0 Å². The van der Waals surface area contributed by atoms with E-state index in [2.05, 4.69) is 18.1 Å². The second kappa shape index (κ2) is 5.14. The topological polar surface area (TPSA) is 52.3 Å². The fraction of sp³-hybridized carbons (Fsp3) is 0.273. The minimum atomic E-state index is -0.357. The predicted octanol–water partition coefficient (Wildman–Crippen LogP) is 2.07. The molecule has 0 saturated heterocycles. The van der Waals surface area contributed by atoms with Gasteiger partial charge in [0.25, 0.3) is 0 Å². The Labute approximate surface area is 88.3 Å². The van der Waals surface area contributed by atoms with Crippen molar-refractivity contribution in [3.05, 3.63) is 30.5 Å². The van der Waals surface area contributed by atoms with Gasteiger partial charge in [-0.25, -0.2) is 4.98 Å². The van der Waals surface area contributed by atoms with Crippen LogP contribution in [0.4, 0.5) is 0 Å². The van der Waals surface area contributed by atoms with Crippen LogP contribution in [0.25, 0.3) is 12.2 Å². The summed E-state index contributed by atoms with van der Waals surface area (Å²) >= 11 is 0. The number of hydrogen-bond donors (Lipinski definition) is 0. The summed E-state index contributed by atoms with van der Waals surface area (Å²) in [5.74, 6) is 0.479. The summed E-state index contributed by atoms with van der Waals surface area (Å²) in [6, 6.07) is 0. The molecule has 1 rings (SSSR count). The summed E-state index contributed by atoms with van der Waals surface area (Å²) in [6.45, 7) is 9.25. The first kappa shape index (κ1) is 11.2. The number of esters is 1. The van der Waals surface area contributed by atoms with Gasteiger partial charge >= 0.3 is 5.97 Å². The van der Waals surface area contributed by atoms with Gasteiger partial charge in [-0.2, -0.15) is 0 Å². The van der Waals surface area contributed by atoms with Gasteiger partial charge in [0.15, 0.2) is 5.76 Å². The van der Waals surface area contributed by atoms with Crippen LogP contribution < -0.4 is 0 Å². The molecule has 0 N–H and O–H groups in total. The molecule has 0 bridgehead atoms. The largest absolute Gasteiger partial charge is 0.466 e. The number of carbonyl (C=O) groups is 1. The molecule has 0 unspecified atom stereocenters. The highest BCUT2D eigenvalue weighted by Crippen LogP contribution is 2.14.